The van der Waals surface area contributed by atoms with Crippen molar-refractivity contribution in [1.82, 2.24) is 0 Å². The molecule has 1 aromatic rings. The maximum atomic E-state index is 12.1. The molecule has 0 bridgehead atoms. The summed E-state index contributed by atoms with van der Waals surface area (Å²) >= 11 is 0. The topological polar surface area (TPSA) is 17.1 Å². The summed E-state index contributed by atoms with van der Waals surface area (Å²) < 4.78 is 0. The number of unbranched alkanes of at least 4 members (excludes halogenated alkanes) is 3. The van der Waals surface area contributed by atoms with Gasteiger partial charge in [-0.2, -0.15) is 0 Å². The Hall–Kier alpha value is -1.37. The fourth-order valence-corrected chi connectivity index (χ4v) is 2.71. The third-order valence-corrected chi connectivity index (χ3v) is 4.20. The summed E-state index contributed by atoms with van der Waals surface area (Å²) in [6, 6.07) is 9.66. The minimum absolute atomic E-state index is 0.281. The minimum atomic E-state index is 0.281. The van der Waals surface area contributed by atoms with E-state index in [0.717, 1.165) is 12.0 Å². The lowest BCUT2D eigenvalue weighted by atomic mass is 9.94. The second-order valence-corrected chi connectivity index (χ2v) is 6.54. The van der Waals surface area contributed by atoms with Crippen LogP contribution in [0.15, 0.2) is 42.0 Å². The molecule has 1 heteroatoms. The van der Waals surface area contributed by atoms with Gasteiger partial charge >= 0.3 is 0 Å². The van der Waals surface area contributed by atoms with Crippen LogP contribution in [0.4, 0.5) is 0 Å². The zero-order valence-corrected chi connectivity index (χ0v) is 14.6. The van der Waals surface area contributed by atoms with Crippen molar-refractivity contribution in [2.45, 2.75) is 72.1 Å². The Morgan fingerprint density at radius 1 is 1.14 bits per heavy atom. The summed E-state index contributed by atoms with van der Waals surface area (Å²) in [5.74, 6) is 0.765. The van der Waals surface area contributed by atoms with E-state index in [1.54, 1.807) is 0 Å². The largest absolute Gasteiger partial charge is 0.294 e. The number of benzene rings is 1. The molecule has 0 amide bonds. The minimum Gasteiger partial charge on any atom is -0.294 e. The fourth-order valence-electron chi connectivity index (χ4n) is 2.71. The molecule has 0 saturated heterocycles. The Kier molecular flexibility index (Phi) is 9.54. The summed E-state index contributed by atoms with van der Waals surface area (Å²) in [6.07, 6.45) is 11.7. The van der Waals surface area contributed by atoms with Crippen LogP contribution in [0.3, 0.4) is 0 Å². The number of rotatable bonds is 11. The van der Waals surface area contributed by atoms with Gasteiger partial charge in [-0.25, -0.2) is 0 Å². The highest BCUT2D eigenvalue weighted by Gasteiger charge is 2.10. The highest BCUT2D eigenvalue weighted by molar-refractivity contribution is 5.96. The number of ketones is 1. The van der Waals surface area contributed by atoms with Crippen LogP contribution >= 0.6 is 0 Å². The van der Waals surface area contributed by atoms with Gasteiger partial charge in [0, 0.05) is 12.0 Å². The van der Waals surface area contributed by atoms with Gasteiger partial charge in [-0.15, -0.1) is 0 Å². The van der Waals surface area contributed by atoms with Crippen molar-refractivity contribution in [3.8, 4) is 0 Å². The van der Waals surface area contributed by atoms with Crippen LogP contribution in [-0.2, 0) is 0 Å². The van der Waals surface area contributed by atoms with E-state index in [1.807, 2.05) is 30.3 Å². The van der Waals surface area contributed by atoms with Gasteiger partial charge in [0.15, 0.2) is 5.78 Å². The third-order valence-electron chi connectivity index (χ3n) is 4.20. The lowest BCUT2D eigenvalue weighted by molar-refractivity contribution is 0.0962. The maximum Gasteiger partial charge on any atom is 0.163 e. The SMILES string of the molecule is CCCC/C=C(/C)CCCCC(C)CC(=O)c1ccccc1. The molecule has 0 aromatic heterocycles. The molecule has 0 spiro atoms. The van der Waals surface area contributed by atoms with Crippen LogP contribution in [0.25, 0.3) is 0 Å². The Labute approximate surface area is 136 Å². The van der Waals surface area contributed by atoms with Crippen molar-refractivity contribution in [3.63, 3.8) is 0 Å². The van der Waals surface area contributed by atoms with Gasteiger partial charge in [-0.05, 0) is 32.1 Å². The van der Waals surface area contributed by atoms with E-state index in [-0.39, 0.29) is 5.78 Å². The van der Waals surface area contributed by atoms with Crippen LogP contribution in [0.5, 0.6) is 0 Å². The Balaban J connectivity index is 2.17. The molecule has 122 valence electrons. The standard InChI is InChI=1S/C21H32O/c1-4-5-7-12-18(2)13-10-11-14-19(3)17-21(22)20-15-8-6-9-16-20/h6,8-9,12,15-16,19H,4-5,7,10-11,13-14,17H2,1-3H3/b18-12-. The molecule has 1 rings (SSSR count). The molecule has 1 aromatic carbocycles. The first-order valence-corrected chi connectivity index (χ1v) is 8.87. The van der Waals surface area contributed by atoms with Crippen LogP contribution in [0, 0.1) is 5.92 Å². The van der Waals surface area contributed by atoms with E-state index >= 15 is 0 Å². The molecule has 0 heterocycles. The van der Waals surface area contributed by atoms with Crippen molar-refractivity contribution < 1.29 is 4.79 Å². The Bertz CT molecular complexity index is 444. The summed E-state index contributed by atoms with van der Waals surface area (Å²) in [5.41, 5.74) is 2.38. The molecule has 0 saturated carbocycles. The molecule has 1 nitrogen and oxygen atoms in total. The molecule has 22 heavy (non-hydrogen) atoms. The van der Waals surface area contributed by atoms with Crippen molar-refractivity contribution in [1.29, 1.82) is 0 Å². The third kappa shape index (κ3) is 8.17. The molecule has 0 aliphatic heterocycles. The number of hydrogen-bond acceptors (Lipinski definition) is 1. The Morgan fingerprint density at radius 2 is 1.86 bits per heavy atom. The number of carbonyl (C=O) groups is 1. The first kappa shape index (κ1) is 18.7. The smallest absolute Gasteiger partial charge is 0.163 e. The van der Waals surface area contributed by atoms with E-state index in [9.17, 15) is 4.79 Å². The van der Waals surface area contributed by atoms with E-state index in [0.29, 0.717) is 12.3 Å². The summed E-state index contributed by atoms with van der Waals surface area (Å²) in [6.45, 7) is 6.68. The van der Waals surface area contributed by atoms with Gasteiger partial charge < -0.3 is 0 Å². The van der Waals surface area contributed by atoms with Gasteiger partial charge in [0.1, 0.15) is 0 Å². The number of Topliss-reactive ketones (excluding diaryl/α,β-unsaturated/α-hetero) is 1. The number of carbonyl (C=O) groups excluding carboxylic acids is 1. The predicted molar refractivity (Wildman–Crippen MR) is 96.3 cm³/mol. The van der Waals surface area contributed by atoms with E-state index in [4.69, 9.17) is 0 Å². The molecule has 0 radical (unpaired) electrons. The van der Waals surface area contributed by atoms with E-state index in [1.165, 1.54) is 44.1 Å². The van der Waals surface area contributed by atoms with Gasteiger partial charge in [0.25, 0.3) is 0 Å². The molecule has 0 N–H and O–H groups in total. The molecule has 0 aliphatic carbocycles. The van der Waals surface area contributed by atoms with Crippen molar-refractivity contribution in [2.24, 2.45) is 5.92 Å². The average molecular weight is 300 g/mol. The van der Waals surface area contributed by atoms with Gasteiger partial charge in [-0.1, -0.05) is 81.5 Å². The zero-order valence-electron chi connectivity index (χ0n) is 14.6. The van der Waals surface area contributed by atoms with Crippen LogP contribution < -0.4 is 0 Å². The maximum absolute atomic E-state index is 12.1. The molecule has 1 unspecified atom stereocenters. The van der Waals surface area contributed by atoms with Crippen LogP contribution in [-0.4, -0.2) is 5.78 Å². The first-order chi connectivity index (χ1) is 10.6. The quantitative estimate of drug-likeness (QED) is 0.256. The Morgan fingerprint density at radius 3 is 2.55 bits per heavy atom. The number of allylic oxidation sites excluding steroid dienone is 2. The van der Waals surface area contributed by atoms with Crippen molar-refractivity contribution >= 4 is 5.78 Å². The molecule has 1 atom stereocenters. The van der Waals surface area contributed by atoms with Crippen LogP contribution in [0.2, 0.25) is 0 Å². The second-order valence-electron chi connectivity index (χ2n) is 6.54. The van der Waals surface area contributed by atoms with E-state index < -0.39 is 0 Å². The fraction of sp³-hybridized carbons (Fsp3) is 0.571. The van der Waals surface area contributed by atoms with Gasteiger partial charge in [0.05, 0.1) is 0 Å². The predicted octanol–water partition coefficient (Wildman–Crippen LogP) is 6.59. The highest BCUT2D eigenvalue weighted by atomic mass is 16.1. The lowest BCUT2D eigenvalue weighted by Gasteiger charge is -2.10. The van der Waals surface area contributed by atoms with Gasteiger partial charge in [0.2, 0.25) is 0 Å². The van der Waals surface area contributed by atoms with Gasteiger partial charge in [-0.3, -0.25) is 4.79 Å². The highest BCUT2D eigenvalue weighted by Crippen LogP contribution is 2.18. The first-order valence-electron chi connectivity index (χ1n) is 8.87. The lowest BCUT2D eigenvalue weighted by Crippen LogP contribution is -2.06. The molecular weight excluding hydrogens is 268 g/mol. The number of hydrogen-bond donors (Lipinski definition) is 0. The monoisotopic (exact) mass is 300 g/mol. The molecule has 0 aliphatic rings. The zero-order chi connectivity index (χ0) is 16.2. The van der Waals surface area contributed by atoms with E-state index in [2.05, 4.69) is 26.8 Å². The van der Waals surface area contributed by atoms with Crippen LogP contribution in [0.1, 0.15) is 82.5 Å². The summed E-state index contributed by atoms with van der Waals surface area (Å²) in [4.78, 5) is 12.1. The second kappa shape index (κ2) is 11.2. The van der Waals surface area contributed by atoms with Crippen molar-refractivity contribution in [3.05, 3.63) is 47.5 Å². The molecule has 0 fully saturated rings. The average Bonchev–Trinajstić information content (AvgIpc) is 2.52. The summed E-state index contributed by atoms with van der Waals surface area (Å²) in [5, 5.41) is 0. The normalized spacial score (nSPS) is 13.1. The molecular formula is C21H32O. The summed E-state index contributed by atoms with van der Waals surface area (Å²) in [7, 11) is 0. The van der Waals surface area contributed by atoms with Crippen molar-refractivity contribution in [2.75, 3.05) is 0 Å².